The zero-order chi connectivity index (χ0) is 19.6. The van der Waals surface area contributed by atoms with Crippen LogP contribution in [0.1, 0.15) is 30.1 Å². The molecule has 1 fully saturated rings. The fraction of sp³-hybridized carbons (Fsp3) is 0.261. The summed E-state index contributed by atoms with van der Waals surface area (Å²) in [5.41, 5.74) is 4.21. The SMILES string of the molecule is Fc1ccc(CN2CCC[C@@H](c3nc4ccc(-c5ccncc5)cn4n3)C2)cc1. The van der Waals surface area contributed by atoms with Crippen LogP contribution in [0.4, 0.5) is 4.39 Å². The normalized spacial score (nSPS) is 17.6. The van der Waals surface area contributed by atoms with Gasteiger partial charge in [-0.1, -0.05) is 12.1 Å². The number of halogens is 1. The van der Waals surface area contributed by atoms with Gasteiger partial charge in [0.2, 0.25) is 0 Å². The Bertz CT molecular complexity index is 1110. The summed E-state index contributed by atoms with van der Waals surface area (Å²) in [5.74, 6) is 1.03. The van der Waals surface area contributed by atoms with E-state index in [-0.39, 0.29) is 5.82 Å². The number of fused-ring (bicyclic) bond motifs is 1. The van der Waals surface area contributed by atoms with E-state index in [0.29, 0.717) is 5.92 Å². The summed E-state index contributed by atoms with van der Waals surface area (Å²) in [6, 6.07) is 14.9. The van der Waals surface area contributed by atoms with Gasteiger partial charge in [0, 0.05) is 43.2 Å². The van der Waals surface area contributed by atoms with E-state index < -0.39 is 0 Å². The van der Waals surface area contributed by atoms with Crippen LogP contribution in [0.2, 0.25) is 0 Å². The molecule has 5 nitrogen and oxygen atoms in total. The average Bonchev–Trinajstić information content (AvgIpc) is 3.20. The summed E-state index contributed by atoms with van der Waals surface area (Å²) in [6.45, 7) is 2.80. The Labute approximate surface area is 168 Å². The average molecular weight is 387 g/mol. The second-order valence-electron chi connectivity index (χ2n) is 7.63. The number of hydrogen-bond acceptors (Lipinski definition) is 4. The molecule has 1 aliphatic heterocycles. The molecule has 1 atom stereocenters. The van der Waals surface area contributed by atoms with Crippen molar-refractivity contribution in [2.24, 2.45) is 0 Å². The number of rotatable bonds is 4. The quantitative estimate of drug-likeness (QED) is 0.524. The van der Waals surface area contributed by atoms with Crippen molar-refractivity contribution in [3.05, 3.63) is 84.3 Å². The van der Waals surface area contributed by atoms with Crippen molar-refractivity contribution in [3.63, 3.8) is 0 Å². The maximum Gasteiger partial charge on any atom is 0.156 e. The first-order valence-electron chi connectivity index (χ1n) is 9.98. The molecule has 0 radical (unpaired) electrons. The van der Waals surface area contributed by atoms with Crippen LogP contribution in [-0.2, 0) is 6.54 Å². The summed E-state index contributed by atoms with van der Waals surface area (Å²) in [7, 11) is 0. The predicted molar refractivity (Wildman–Crippen MR) is 110 cm³/mol. The van der Waals surface area contributed by atoms with E-state index in [4.69, 9.17) is 10.1 Å². The van der Waals surface area contributed by atoms with Crippen LogP contribution in [0, 0.1) is 5.82 Å². The van der Waals surface area contributed by atoms with E-state index in [1.165, 1.54) is 12.1 Å². The lowest BCUT2D eigenvalue weighted by Crippen LogP contribution is -2.34. The van der Waals surface area contributed by atoms with E-state index in [1.54, 1.807) is 12.4 Å². The molecule has 1 saturated heterocycles. The highest BCUT2D eigenvalue weighted by molar-refractivity contribution is 5.63. The first-order valence-corrected chi connectivity index (χ1v) is 9.98. The lowest BCUT2D eigenvalue weighted by molar-refractivity contribution is 0.196. The smallest absolute Gasteiger partial charge is 0.156 e. The van der Waals surface area contributed by atoms with E-state index in [1.807, 2.05) is 41.0 Å². The van der Waals surface area contributed by atoms with E-state index >= 15 is 0 Å². The maximum atomic E-state index is 13.2. The first-order chi connectivity index (χ1) is 14.2. The molecule has 0 unspecified atom stereocenters. The van der Waals surface area contributed by atoms with E-state index in [9.17, 15) is 4.39 Å². The molecule has 1 aliphatic rings. The fourth-order valence-electron chi connectivity index (χ4n) is 4.05. The molecule has 4 aromatic rings. The van der Waals surface area contributed by atoms with Gasteiger partial charge in [0.25, 0.3) is 0 Å². The molecular formula is C23H22FN5. The molecule has 146 valence electrons. The molecule has 0 saturated carbocycles. The van der Waals surface area contributed by atoms with Gasteiger partial charge in [0.15, 0.2) is 11.5 Å². The largest absolute Gasteiger partial charge is 0.298 e. The van der Waals surface area contributed by atoms with Crippen LogP contribution in [-0.4, -0.2) is 37.6 Å². The summed E-state index contributed by atoms with van der Waals surface area (Å²) in [4.78, 5) is 11.3. The standard InChI is InChI=1S/C23H22FN5/c24-21-6-3-17(4-7-21)14-28-13-1-2-20(15-28)23-26-22-8-5-19(16-29(22)27-23)18-9-11-25-12-10-18/h3-12,16,20H,1-2,13-15H2/t20-/m1/s1. The number of nitrogens with zero attached hydrogens (tertiary/aromatic N) is 5. The third-order valence-electron chi connectivity index (χ3n) is 5.55. The van der Waals surface area contributed by atoms with Crippen LogP contribution >= 0.6 is 0 Å². The Balaban J connectivity index is 1.35. The molecule has 29 heavy (non-hydrogen) atoms. The Morgan fingerprint density at radius 2 is 1.79 bits per heavy atom. The third kappa shape index (κ3) is 3.89. The monoisotopic (exact) mass is 387 g/mol. The molecule has 0 N–H and O–H groups in total. The number of pyridine rings is 2. The summed E-state index contributed by atoms with van der Waals surface area (Å²) < 4.78 is 15.0. The van der Waals surface area contributed by atoms with Crippen molar-refractivity contribution in [2.45, 2.75) is 25.3 Å². The van der Waals surface area contributed by atoms with Gasteiger partial charge in [-0.15, -0.1) is 0 Å². The highest BCUT2D eigenvalue weighted by Crippen LogP contribution is 2.27. The van der Waals surface area contributed by atoms with Crippen molar-refractivity contribution in [3.8, 4) is 11.1 Å². The Morgan fingerprint density at radius 3 is 2.62 bits per heavy atom. The number of likely N-dealkylation sites (tertiary alicyclic amines) is 1. The molecule has 6 heteroatoms. The zero-order valence-corrected chi connectivity index (χ0v) is 16.1. The number of aromatic nitrogens is 4. The van der Waals surface area contributed by atoms with E-state index in [0.717, 1.165) is 60.6 Å². The molecule has 4 heterocycles. The fourth-order valence-corrected chi connectivity index (χ4v) is 4.05. The Morgan fingerprint density at radius 1 is 0.966 bits per heavy atom. The zero-order valence-electron chi connectivity index (χ0n) is 16.1. The van der Waals surface area contributed by atoms with Crippen LogP contribution in [0.15, 0.2) is 67.1 Å². The van der Waals surface area contributed by atoms with Gasteiger partial charge in [-0.3, -0.25) is 9.88 Å². The Hall–Kier alpha value is -3.12. The van der Waals surface area contributed by atoms with Crippen molar-refractivity contribution >= 4 is 5.65 Å². The predicted octanol–water partition coefficient (Wildman–Crippen LogP) is 4.31. The third-order valence-corrected chi connectivity index (χ3v) is 5.55. The number of hydrogen-bond donors (Lipinski definition) is 0. The minimum Gasteiger partial charge on any atom is -0.298 e. The topological polar surface area (TPSA) is 46.3 Å². The summed E-state index contributed by atoms with van der Waals surface area (Å²) in [6.07, 6.45) is 7.83. The molecule has 1 aromatic carbocycles. The summed E-state index contributed by atoms with van der Waals surface area (Å²) in [5, 5.41) is 4.79. The number of piperidine rings is 1. The lowest BCUT2D eigenvalue weighted by Gasteiger charge is -2.31. The van der Waals surface area contributed by atoms with Gasteiger partial charge in [-0.2, -0.15) is 5.10 Å². The lowest BCUT2D eigenvalue weighted by atomic mass is 9.97. The minimum atomic E-state index is -0.190. The molecule has 5 rings (SSSR count). The highest BCUT2D eigenvalue weighted by Gasteiger charge is 2.24. The van der Waals surface area contributed by atoms with Gasteiger partial charge < -0.3 is 0 Å². The molecule has 0 aliphatic carbocycles. The van der Waals surface area contributed by atoms with Crippen LogP contribution < -0.4 is 0 Å². The van der Waals surface area contributed by atoms with E-state index in [2.05, 4.69) is 16.0 Å². The molecule has 0 amide bonds. The molecule has 0 spiro atoms. The molecule has 0 bridgehead atoms. The van der Waals surface area contributed by atoms with Gasteiger partial charge in [-0.05, 0) is 66.9 Å². The number of benzene rings is 1. The van der Waals surface area contributed by atoms with Crippen molar-refractivity contribution in [1.82, 2.24) is 24.5 Å². The van der Waals surface area contributed by atoms with Gasteiger partial charge in [0.1, 0.15) is 5.82 Å². The van der Waals surface area contributed by atoms with Gasteiger partial charge >= 0.3 is 0 Å². The molecule has 3 aromatic heterocycles. The van der Waals surface area contributed by atoms with Crippen LogP contribution in [0.3, 0.4) is 0 Å². The minimum absolute atomic E-state index is 0.190. The highest BCUT2D eigenvalue weighted by atomic mass is 19.1. The summed E-state index contributed by atoms with van der Waals surface area (Å²) >= 11 is 0. The second kappa shape index (κ2) is 7.72. The van der Waals surface area contributed by atoms with Crippen molar-refractivity contribution in [2.75, 3.05) is 13.1 Å². The van der Waals surface area contributed by atoms with Gasteiger partial charge in [-0.25, -0.2) is 13.9 Å². The molecular weight excluding hydrogens is 365 g/mol. The second-order valence-corrected chi connectivity index (χ2v) is 7.63. The van der Waals surface area contributed by atoms with Crippen molar-refractivity contribution < 1.29 is 4.39 Å². The maximum absolute atomic E-state index is 13.2. The van der Waals surface area contributed by atoms with Crippen molar-refractivity contribution in [1.29, 1.82) is 0 Å². The van der Waals surface area contributed by atoms with Gasteiger partial charge in [0.05, 0.1) is 0 Å². The Kier molecular flexibility index (Phi) is 4.77. The first kappa shape index (κ1) is 17.9. The van der Waals surface area contributed by atoms with Crippen LogP contribution in [0.5, 0.6) is 0 Å². The van der Waals surface area contributed by atoms with Crippen LogP contribution in [0.25, 0.3) is 16.8 Å².